The zero-order chi connectivity index (χ0) is 16.5. The van der Waals surface area contributed by atoms with E-state index in [1.165, 1.54) is 4.90 Å². The number of ether oxygens (including phenoxy) is 1. The highest BCUT2D eigenvalue weighted by atomic mass is 35.5. The number of hydrogen-bond donors (Lipinski definition) is 1. The quantitative estimate of drug-likeness (QED) is 0.703. The second-order valence-corrected chi connectivity index (χ2v) is 6.81. The summed E-state index contributed by atoms with van der Waals surface area (Å²) in [6.07, 6.45) is 1.88. The summed E-state index contributed by atoms with van der Waals surface area (Å²) in [5, 5.41) is 3.88. The molecule has 4 rings (SSSR count). The molecule has 3 aromatic rings. The number of nitrogens with zero attached hydrogens (tertiary/aromatic N) is 2. The first-order valence-corrected chi connectivity index (χ1v) is 8.79. The lowest BCUT2D eigenvalue weighted by Gasteiger charge is -2.19. The molecule has 2 aromatic carbocycles. The molecule has 0 amide bonds. The molecule has 1 N–H and O–H groups in total. The SMILES string of the molecule is COc1ccc2c(c1)SCc1cnc(Nc3cccc(Cl)c3)nc1-2. The summed E-state index contributed by atoms with van der Waals surface area (Å²) in [4.78, 5) is 10.3. The first-order valence-electron chi connectivity index (χ1n) is 7.42. The van der Waals surface area contributed by atoms with Crippen LogP contribution < -0.4 is 10.1 Å². The van der Waals surface area contributed by atoms with Gasteiger partial charge in [0.2, 0.25) is 5.95 Å². The molecule has 0 radical (unpaired) electrons. The van der Waals surface area contributed by atoms with Crippen LogP contribution in [0.5, 0.6) is 5.75 Å². The first-order chi connectivity index (χ1) is 11.7. The molecular weight excluding hydrogens is 342 g/mol. The molecule has 2 heterocycles. The Hall–Kier alpha value is -2.24. The molecule has 0 saturated carbocycles. The molecule has 0 fully saturated rings. The molecule has 1 aliphatic rings. The Morgan fingerprint density at radius 2 is 2.12 bits per heavy atom. The molecule has 0 aliphatic carbocycles. The molecule has 0 saturated heterocycles. The van der Waals surface area contributed by atoms with E-state index in [4.69, 9.17) is 21.3 Å². The minimum Gasteiger partial charge on any atom is -0.497 e. The molecule has 120 valence electrons. The maximum Gasteiger partial charge on any atom is 0.227 e. The second kappa shape index (κ2) is 6.34. The lowest BCUT2D eigenvalue weighted by Crippen LogP contribution is -2.04. The summed E-state index contributed by atoms with van der Waals surface area (Å²) in [5.41, 5.74) is 4.07. The fourth-order valence-corrected chi connectivity index (χ4v) is 3.83. The number of halogens is 1. The number of anilines is 2. The third-order valence-electron chi connectivity index (χ3n) is 3.77. The van der Waals surface area contributed by atoms with E-state index in [0.717, 1.165) is 34.0 Å². The lowest BCUT2D eigenvalue weighted by molar-refractivity contribution is 0.414. The van der Waals surface area contributed by atoms with Gasteiger partial charge in [0.1, 0.15) is 5.75 Å². The standard InChI is InChI=1S/C18H14ClN3OS/c1-23-14-5-6-15-16(8-14)24-10-11-9-20-18(22-17(11)15)21-13-4-2-3-12(19)7-13/h2-9H,10H2,1H3,(H,20,21,22). The van der Waals surface area contributed by atoms with Crippen molar-refractivity contribution in [1.29, 1.82) is 0 Å². The van der Waals surface area contributed by atoms with Crippen molar-refractivity contribution in [3.05, 3.63) is 59.2 Å². The van der Waals surface area contributed by atoms with E-state index in [9.17, 15) is 0 Å². The molecular formula is C18H14ClN3OS. The number of fused-ring (bicyclic) bond motifs is 3. The van der Waals surface area contributed by atoms with Gasteiger partial charge in [-0.2, -0.15) is 0 Å². The molecule has 1 aliphatic heterocycles. The number of nitrogens with one attached hydrogen (secondary N) is 1. The summed E-state index contributed by atoms with van der Waals surface area (Å²) < 4.78 is 5.31. The fourth-order valence-electron chi connectivity index (χ4n) is 2.60. The topological polar surface area (TPSA) is 47.0 Å². The molecule has 4 nitrogen and oxygen atoms in total. The van der Waals surface area contributed by atoms with Crippen molar-refractivity contribution in [2.24, 2.45) is 0 Å². The molecule has 0 bridgehead atoms. The number of methoxy groups -OCH3 is 1. The van der Waals surface area contributed by atoms with Crippen molar-refractivity contribution in [2.75, 3.05) is 12.4 Å². The Kier molecular flexibility index (Phi) is 4.04. The van der Waals surface area contributed by atoms with Crippen molar-refractivity contribution in [3.63, 3.8) is 0 Å². The number of thioether (sulfide) groups is 1. The van der Waals surface area contributed by atoms with Crippen molar-refractivity contribution in [2.45, 2.75) is 10.6 Å². The molecule has 6 heteroatoms. The first kappa shape index (κ1) is 15.3. The van der Waals surface area contributed by atoms with Crippen molar-refractivity contribution >= 4 is 35.0 Å². The third kappa shape index (κ3) is 2.92. The van der Waals surface area contributed by atoms with Gasteiger partial charge in [-0.25, -0.2) is 9.97 Å². The molecule has 0 atom stereocenters. The van der Waals surface area contributed by atoms with Crippen LogP contribution in [0.4, 0.5) is 11.6 Å². The van der Waals surface area contributed by atoms with E-state index in [2.05, 4.69) is 22.4 Å². The minimum absolute atomic E-state index is 0.560. The fraction of sp³-hybridized carbons (Fsp3) is 0.111. The van der Waals surface area contributed by atoms with Gasteiger partial charge in [0.15, 0.2) is 0 Å². The normalized spacial score (nSPS) is 12.2. The van der Waals surface area contributed by atoms with E-state index >= 15 is 0 Å². The smallest absolute Gasteiger partial charge is 0.227 e. The van der Waals surface area contributed by atoms with E-state index in [1.807, 2.05) is 36.5 Å². The summed E-state index contributed by atoms with van der Waals surface area (Å²) in [5.74, 6) is 2.27. The number of aromatic nitrogens is 2. The van der Waals surface area contributed by atoms with Gasteiger partial charge in [-0.05, 0) is 36.4 Å². The summed E-state index contributed by atoms with van der Waals surface area (Å²) in [7, 11) is 1.68. The van der Waals surface area contributed by atoms with Gasteiger partial charge in [-0.1, -0.05) is 17.7 Å². The van der Waals surface area contributed by atoms with Gasteiger partial charge in [-0.3, -0.25) is 0 Å². The van der Waals surface area contributed by atoms with Crippen LogP contribution in [-0.2, 0) is 5.75 Å². The van der Waals surface area contributed by atoms with Crippen LogP contribution in [0.15, 0.2) is 53.6 Å². The van der Waals surface area contributed by atoms with Gasteiger partial charge in [0, 0.05) is 38.7 Å². The summed E-state index contributed by atoms with van der Waals surface area (Å²) >= 11 is 7.80. The summed E-state index contributed by atoms with van der Waals surface area (Å²) in [6.45, 7) is 0. The molecule has 0 unspecified atom stereocenters. The number of rotatable bonds is 3. The highest BCUT2D eigenvalue weighted by Gasteiger charge is 2.19. The lowest BCUT2D eigenvalue weighted by atomic mass is 10.1. The third-order valence-corrected chi connectivity index (χ3v) is 5.11. The van der Waals surface area contributed by atoms with Gasteiger partial charge in [-0.15, -0.1) is 11.8 Å². The van der Waals surface area contributed by atoms with Crippen molar-refractivity contribution < 1.29 is 4.74 Å². The monoisotopic (exact) mass is 355 g/mol. The molecule has 1 aromatic heterocycles. The van der Waals surface area contributed by atoms with E-state index in [0.29, 0.717) is 11.0 Å². The maximum atomic E-state index is 6.03. The van der Waals surface area contributed by atoms with Crippen LogP contribution in [0.1, 0.15) is 5.56 Å². The van der Waals surface area contributed by atoms with E-state index in [1.54, 1.807) is 18.9 Å². The average Bonchev–Trinajstić information content (AvgIpc) is 2.61. The summed E-state index contributed by atoms with van der Waals surface area (Å²) in [6, 6.07) is 13.6. The zero-order valence-corrected chi connectivity index (χ0v) is 14.5. The Bertz CT molecular complexity index is 917. The largest absolute Gasteiger partial charge is 0.497 e. The second-order valence-electron chi connectivity index (χ2n) is 5.35. The highest BCUT2D eigenvalue weighted by molar-refractivity contribution is 7.98. The van der Waals surface area contributed by atoms with E-state index < -0.39 is 0 Å². The van der Waals surface area contributed by atoms with Crippen LogP contribution in [0.2, 0.25) is 5.02 Å². The van der Waals surface area contributed by atoms with Crippen LogP contribution in [0.25, 0.3) is 11.3 Å². The number of hydrogen-bond acceptors (Lipinski definition) is 5. The Morgan fingerprint density at radius 1 is 1.21 bits per heavy atom. The number of benzene rings is 2. The van der Waals surface area contributed by atoms with Crippen molar-refractivity contribution in [1.82, 2.24) is 9.97 Å². The average molecular weight is 356 g/mol. The van der Waals surface area contributed by atoms with Crippen LogP contribution in [0, 0.1) is 0 Å². The Labute approximate surface area is 149 Å². The van der Waals surface area contributed by atoms with Gasteiger partial charge < -0.3 is 10.1 Å². The van der Waals surface area contributed by atoms with Crippen molar-refractivity contribution in [3.8, 4) is 17.0 Å². The zero-order valence-electron chi connectivity index (χ0n) is 12.9. The predicted molar refractivity (Wildman–Crippen MR) is 98.3 cm³/mol. The maximum absolute atomic E-state index is 6.03. The predicted octanol–water partition coefficient (Wildman–Crippen LogP) is 5.15. The van der Waals surface area contributed by atoms with E-state index in [-0.39, 0.29) is 0 Å². The highest BCUT2D eigenvalue weighted by Crippen LogP contribution is 2.42. The van der Waals surface area contributed by atoms with Gasteiger partial charge in [0.25, 0.3) is 0 Å². The van der Waals surface area contributed by atoms with Crippen LogP contribution >= 0.6 is 23.4 Å². The van der Waals surface area contributed by atoms with Gasteiger partial charge >= 0.3 is 0 Å². The Morgan fingerprint density at radius 3 is 2.96 bits per heavy atom. The molecule has 0 spiro atoms. The van der Waals surface area contributed by atoms with Gasteiger partial charge in [0.05, 0.1) is 12.8 Å². The van der Waals surface area contributed by atoms with Crippen LogP contribution in [-0.4, -0.2) is 17.1 Å². The molecule has 24 heavy (non-hydrogen) atoms. The van der Waals surface area contributed by atoms with Crippen LogP contribution in [0.3, 0.4) is 0 Å². The minimum atomic E-state index is 0.560. The Balaban J connectivity index is 1.71.